The number of nitrogens with zero attached hydrogens (tertiary/aromatic N) is 2. The molecule has 0 atom stereocenters. The fourth-order valence-electron chi connectivity index (χ4n) is 1.51. The third-order valence-electron chi connectivity index (χ3n) is 3.51. The number of nitrogens with one attached hydrogen (secondary N) is 1. The second kappa shape index (κ2) is 4.80. The summed E-state index contributed by atoms with van der Waals surface area (Å²) in [5.41, 5.74) is -2.00. The molecule has 0 aromatic carbocycles. The average molecular weight is 271 g/mol. The van der Waals surface area contributed by atoms with E-state index < -0.39 is 29.0 Å². The van der Waals surface area contributed by atoms with E-state index in [2.05, 4.69) is 5.32 Å². The Hall–Kier alpha value is -1.63. The fraction of sp³-hybridized carbons (Fsp3) is 0.750. The van der Waals surface area contributed by atoms with E-state index in [-0.39, 0.29) is 13.1 Å². The molecule has 0 aromatic heterocycles. The Morgan fingerprint density at radius 3 is 2.21 bits per heavy atom. The molecule has 2 N–H and O–H groups in total. The number of amides is 4. The zero-order valence-electron chi connectivity index (χ0n) is 12.0. The van der Waals surface area contributed by atoms with Crippen molar-refractivity contribution in [2.24, 2.45) is 0 Å². The molecule has 1 fully saturated rings. The van der Waals surface area contributed by atoms with Crippen LogP contribution in [0.4, 0.5) is 4.79 Å². The molecule has 1 aliphatic rings. The van der Waals surface area contributed by atoms with Gasteiger partial charge in [-0.15, -0.1) is 0 Å². The van der Waals surface area contributed by atoms with Crippen LogP contribution < -0.4 is 5.32 Å². The minimum atomic E-state index is -1.13. The summed E-state index contributed by atoms with van der Waals surface area (Å²) < 4.78 is 0. The average Bonchev–Trinajstić information content (AvgIpc) is 2.42. The normalized spacial score (nSPS) is 17.2. The van der Waals surface area contributed by atoms with Gasteiger partial charge in [-0.05, 0) is 27.7 Å². The molecule has 4 amide bonds. The molecule has 0 unspecified atom stereocenters. The van der Waals surface area contributed by atoms with Crippen LogP contribution >= 0.6 is 0 Å². The molecule has 7 heteroatoms. The number of rotatable bonds is 4. The molecule has 1 saturated heterocycles. The van der Waals surface area contributed by atoms with Gasteiger partial charge in [-0.3, -0.25) is 14.5 Å². The monoisotopic (exact) mass is 271 g/mol. The van der Waals surface area contributed by atoms with Crippen LogP contribution in [0.25, 0.3) is 0 Å². The number of hydrogen-bond acceptors (Lipinski definition) is 4. The first-order valence-corrected chi connectivity index (χ1v) is 6.04. The topological polar surface area (TPSA) is 90.0 Å². The molecule has 1 aliphatic heterocycles. The molecule has 7 nitrogen and oxygen atoms in total. The first-order chi connectivity index (χ1) is 8.45. The summed E-state index contributed by atoms with van der Waals surface area (Å²) in [7, 11) is 1.50. The largest absolute Gasteiger partial charge is 0.388 e. The smallest absolute Gasteiger partial charge is 0.327 e. The lowest BCUT2D eigenvalue weighted by Crippen LogP contribution is -2.59. The molecule has 0 radical (unpaired) electrons. The lowest BCUT2D eigenvalue weighted by molar-refractivity contribution is -0.133. The molecule has 1 heterocycles. The number of likely N-dealkylation sites (N-methyl/N-ethyl adjacent to an activating group) is 1. The maximum atomic E-state index is 11.9. The van der Waals surface area contributed by atoms with Crippen molar-refractivity contribution in [1.29, 1.82) is 0 Å². The fourth-order valence-corrected chi connectivity index (χ4v) is 1.51. The van der Waals surface area contributed by atoms with Gasteiger partial charge in [-0.25, -0.2) is 4.79 Å². The summed E-state index contributed by atoms with van der Waals surface area (Å²) in [6.45, 7) is 6.15. The van der Waals surface area contributed by atoms with Crippen molar-refractivity contribution in [3.63, 3.8) is 0 Å². The summed E-state index contributed by atoms with van der Waals surface area (Å²) >= 11 is 0. The first-order valence-electron chi connectivity index (χ1n) is 6.04. The van der Waals surface area contributed by atoms with Gasteiger partial charge in [0.25, 0.3) is 5.91 Å². The molecule has 0 aromatic rings. The Morgan fingerprint density at radius 2 is 1.84 bits per heavy atom. The highest BCUT2D eigenvalue weighted by molar-refractivity contribution is 6.04. The molecular formula is C12H21N3O4. The van der Waals surface area contributed by atoms with Crippen LogP contribution in [0.2, 0.25) is 0 Å². The summed E-state index contributed by atoms with van der Waals surface area (Å²) in [6, 6.07) is -0.485. The van der Waals surface area contributed by atoms with Crippen molar-refractivity contribution in [3.05, 3.63) is 0 Å². The van der Waals surface area contributed by atoms with Crippen LogP contribution in [0, 0.1) is 0 Å². The van der Waals surface area contributed by atoms with Gasteiger partial charge in [0.2, 0.25) is 5.91 Å². The SMILES string of the molecule is CN1CC(=O)N(CC(=O)NC(C)(C)C(C)(C)O)C1=O. The number of urea groups is 1. The highest BCUT2D eigenvalue weighted by Gasteiger charge is 2.39. The van der Waals surface area contributed by atoms with E-state index in [0.29, 0.717) is 0 Å². The molecule has 1 rings (SSSR count). The third kappa shape index (κ3) is 3.23. The van der Waals surface area contributed by atoms with Crippen molar-refractivity contribution in [1.82, 2.24) is 15.1 Å². The van der Waals surface area contributed by atoms with E-state index in [1.807, 2.05) is 0 Å². The first kappa shape index (κ1) is 15.4. The maximum absolute atomic E-state index is 11.9. The Morgan fingerprint density at radius 1 is 1.32 bits per heavy atom. The van der Waals surface area contributed by atoms with Gasteiger partial charge in [0.1, 0.15) is 13.1 Å². The predicted octanol–water partition coefficient (Wildman–Crippen LogP) is -0.454. The Bertz CT molecular complexity index is 412. The number of carbonyl (C=O) groups excluding carboxylic acids is 3. The summed E-state index contributed by atoms with van der Waals surface area (Å²) in [6.07, 6.45) is 0. The van der Waals surface area contributed by atoms with Crippen LogP contribution in [0.1, 0.15) is 27.7 Å². The minimum absolute atomic E-state index is 0.0129. The van der Waals surface area contributed by atoms with Gasteiger partial charge in [0.15, 0.2) is 0 Å². The Balaban J connectivity index is 2.67. The van der Waals surface area contributed by atoms with Crippen LogP contribution in [0.5, 0.6) is 0 Å². The highest BCUT2D eigenvalue weighted by atomic mass is 16.3. The van der Waals surface area contributed by atoms with E-state index in [1.54, 1.807) is 27.7 Å². The lowest BCUT2D eigenvalue weighted by Gasteiger charge is -2.38. The third-order valence-corrected chi connectivity index (χ3v) is 3.51. The van der Waals surface area contributed by atoms with E-state index in [1.165, 1.54) is 11.9 Å². The van der Waals surface area contributed by atoms with Crippen LogP contribution in [-0.2, 0) is 9.59 Å². The molecule has 0 saturated carbocycles. The Labute approximate surface area is 112 Å². The second-order valence-electron chi connectivity index (χ2n) is 5.85. The highest BCUT2D eigenvalue weighted by Crippen LogP contribution is 2.20. The lowest BCUT2D eigenvalue weighted by atomic mass is 9.86. The van der Waals surface area contributed by atoms with Crippen molar-refractivity contribution in [2.75, 3.05) is 20.1 Å². The van der Waals surface area contributed by atoms with Gasteiger partial charge < -0.3 is 15.3 Å². The minimum Gasteiger partial charge on any atom is -0.388 e. The number of aliphatic hydroxyl groups is 1. The van der Waals surface area contributed by atoms with Gasteiger partial charge in [0, 0.05) is 7.05 Å². The van der Waals surface area contributed by atoms with Crippen molar-refractivity contribution in [2.45, 2.75) is 38.8 Å². The number of hydrogen-bond donors (Lipinski definition) is 2. The van der Waals surface area contributed by atoms with Crippen LogP contribution in [0.15, 0.2) is 0 Å². The number of imide groups is 1. The molecule has 108 valence electrons. The van der Waals surface area contributed by atoms with Crippen LogP contribution in [0.3, 0.4) is 0 Å². The van der Waals surface area contributed by atoms with Gasteiger partial charge in [0.05, 0.1) is 11.1 Å². The van der Waals surface area contributed by atoms with Crippen molar-refractivity contribution in [3.8, 4) is 0 Å². The summed E-state index contributed by atoms with van der Waals surface area (Å²) in [5.74, 6) is -0.882. The van der Waals surface area contributed by atoms with E-state index in [0.717, 1.165) is 4.90 Å². The van der Waals surface area contributed by atoms with Gasteiger partial charge >= 0.3 is 6.03 Å². The second-order valence-corrected chi connectivity index (χ2v) is 5.85. The van der Waals surface area contributed by atoms with Gasteiger partial charge in [-0.2, -0.15) is 0 Å². The standard InChI is InChI=1S/C12H21N3O4/c1-11(2,12(3,4)19)13-8(16)6-15-9(17)7-14(5)10(15)18/h19H,6-7H2,1-5H3,(H,13,16). The van der Waals surface area contributed by atoms with Crippen LogP contribution in [-0.4, -0.2) is 64.0 Å². The number of carbonyl (C=O) groups is 3. The van der Waals surface area contributed by atoms with E-state index in [9.17, 15) is 19.5 Å². The van der Waals surface area contributed by atoms with E-state index >= 15 is 0 Å². The van der Waals surface area contributed by atoms with Gasteiger partial charge in [-0.1, -0.05) is 0 Å². The van der Waals surface area contributed by atoms with Crippen molar-refractivity contribution < 1.29 is 19.5 Å². The zero-order valence-corrected chi connectivity index (χ0v) is 12.0. The summed E-state index contributed by atoms with van der Waals surface area (Å²) in [5, 5.41) is 12.6. The zero-order chi connectivity index (χ0) is 15.0. The maximum Gasteiger partial charge on any atom is 0.327 e. The van der Waals surface area contributed by atoms with Crippen molar-refractivity contribution >= 4 is 17.8 Å². The summed E-state index contributed by atoms with van der Waals surface area (Å²) in [4.78, 5) is 37.2. The molecule has 0 aliphatic carbocycles. The molecular weight excluding hydrogens is 250 g/mol. The molecule has 19 heavy (non-hydrogen) atoms. The predicted molar refractivity (Wildman–Crippen MR) is 68.3 cm³/mol. The Kier molecular flexibility index (Phi) is 3.90. The molecule has 0 spiro atoms. The van der Waals surface area contributed by atoms with E-state index in [4.69, 9.17) is 0 Å². The molecule has 0 bridgehead atoms. The quantitative estimate of drug-likeness (QED) is 0.677.